The summed E-state index contributed by atoms with van der Waals surface area (Å²) in [4.78, 5) is 13.6. The molecule has 2 aromatic heterocycles. The van der Waals surface area contributed by atoms with Crippen LogP contribution in [0.5, 0.6) is 0 Å². The van der Waals surface area contributed by atoms with Crippen molar-refractivity contribution in [2.45, 2.75) is 39.8 Å². The Morgan fingerprint density at radius 3 is 2.78 bits per heavy atom. The maximum Gasteiger partial charge on any atom is 0.208 e. The van der Waals surface area contributed by atoms with Crippen molar-refractivity contribution in [3.63, 3.8) is 0 Å². The predicted octanol–water partition coefficient (Wildman–Crippen LogP) is 3.27. The zero-order valence-corrected chi connectivity index (χ0v) is 17.7. The van der Waals surface area contributed by atoms with Gasteiger partial charge in [-0.1, -0.05) is 0 Å². The van der Waals surface area contributed by atoms with Gasteiger partial charge in [-0.25, -0.2) is 4.98 Å². The Morgan fingerprint density at radius 2 is 2.19 bits per heavy atom. The molecule has 1 N–H and O–H groups in total. The fourth-order valence-electron chi connectivity index (χ4n) is 3.50. The average Bonchev–Trinajstić information content (AvgIpc) is 3.27. The van der Waals surface area contributed by atoms with Gasteiger partial charge in [0.1, 0.15) is 5.76 Å². The first kappa shape index (κ1) is 19.9. The molecule has 3 rings (SSSR count). The maximum absolute atomic E-state index is 5.72. The minimum atomic E-state index is 0.681. The molecule has 0 amide bonds. The molecule has 1 aliphatic rings. The molecule has 1 aliphatic heterocycles. The van der Waals surface area contributed by atoms with Crippen LogP contribution in [-0.2, 0) is 13.1 Å². The van der Waals surface area contributed by atoms with Gasteiger partial charge >= 0.3 is 0 Å². The Kier molecular flexibility index (Phi) is 6.90. The smallest absolute Gasteiger partial charge is 0.208 e. The molecule has 2 aromatic rings. The van der Waals surface area contributed by atoms with Gasteiger partial charge in [0.2, 0.25) is 5.89 Å². The van der Waals surface area contributed by atoms with Crippen molar-refractivity contribution in [2.24, 2.45) is 10.9 Å². The summed E-state index contributed by atoms with van der Waals surface area (Å²) in [7, 11) is 3.95. The molecule has 7 heteroatoms. The van der Waals surface area contributed by atoms with Crippen LogP contribution in [-0.4, -0.2) is 54.5 Å². The number of nitrogens with one attached hydrogen (secondary N) is 1. The van der Waals surface area contributed by atoms with Crippen molar-refractivity contribution >= 4 is 17.3 Å². The zero-order valence-electron chi connectivity index (χ0n) is 16.9. The molecular weight excluding hydrogens is 358 g/mol. The van der Waals surface area contributed by atoms with E-state index < -0.39 is 0 Å². The van der Waals surface area contributed by atoms with Gasteiger partial charge < -0.3 is 14.6 Å². The predicted molar refractivity (Wildman–Crippen MR) is 111 cm³/mol. The Balaban J connectivity index is 1.40. The Hall–Kier alpha value is -1.86. The summed E-state index contributed by atoms with van der Waals surface area (Å²) in [5, 5.41) is 7.87. The average molecular weight is 390 g/mol. The first-order valence-electron chi connectivity index (χ1n) is 9.63. The number of thiophene rings is 1. The lowest BCUT2D eigenvalue weighted by Gasteiger charge is -2.32. The Morgan fingerprint density at radius 1 is 1.41 bits per heavy atom. The van der Waals surface area contributed by atoms with Crippen molar-refractivity contribution in [3.05, 3.63) is 39.7 Å². The number of aryl methyl sites for hydroxylation is 2. The third-order valence-corrected chi connectivity index (χ3v) is 5.99. The van der Waals surface area contributed by atoms with E-state index in [1.54, 1.807) is 11.3 Å². The number of guanidine groups is 1. The van der Waals surface area contributed by atoms with Crippen LogP contribution in [0.4, 0.5) is 0 Å². The fraction of sp³-hybridized carbons (Fsp3) is 0.600. The van der Waals surface area contributed by atoms with Gasteiger partial charge in [0.25, 0.3) is 0 Å². The summed E-state index contributed by atoms with van der Waals surface area (Å²) in [6.07, 6.45) is 2.38. The molecule has 0 spiro atoms. The molecule has 27 heavy (non-hydrogen) atoms. The van der Waals surface area contributed by atoms with Gasteiger partial charge in [-0.05, 0) is 68.1 Å². The van der Waals surface area contributed by atoms with E-state index in [9.17, 15) is 0 Å². The number of aromatic nitrogens is 1. The van der Waals surface area contributed by atoms with Crippen LogP contribution in [0.25, 0.3) is 0 Å². The quantitative estimate of drug-likeness (QED) is 0.607. The van der Waals surface area contributed by atoms with Crippen LogP contribution in [0.3, 0.4) is 0 Å². The van der Waals surface area contributed by atoms with Crippen molar-refractivity contribution in [1.82, 2.24) is 20.1 Å². The standard InChI is InChI=1S/C20H31N5OS/c1-15-16(2)26-19(23-15)13-25-8-5-17(6-9-25)11-22-20(21-3)24(4)12-18-7-10-27-14-18/h7,10,14,17H,5-6,8-9,11-13H2,1-4H3,(H,21,22). The highest BCUT2D eigenvalue weighted by molar-refractivity contribution is 7.07. The molecule has 0 atom stereocenters. The van der Waals surface area contributed by atoms with Crippen molar-refractivity contribution in [2.75, 3.05) is 33.7 Å². The second-order valence-electron chi connectivity index (χ2n) is 7.38. The van der Waals surface area contributed by atoms with E-state index >= 15 is 0 Å². The molecule has 3 heterocycles. The van der Waals surface area contributed by atoms with E-state index in [1.807, 2.05) is 20.9 Å². The number of piperidine rings is 1. The number of oxazole rings is 1. The van der Waals surface area contributed by atoms with Crippen LogP contribution in [0.1, 0.15) is 35.7 Å². The zero-order chi connectivity index (χ0) is 19.2. The minimum absolute atomic E-state index is 0.681. The number of rotatable bonds is 6. The van der Waals surface area contributed by atoms with Gasteiger partial charge in [0.15, 0.2) is 5.96 Å². The SMILES string of the molecule is CN=C(NCC1CCN(Cc2nc(C)c(C)o2)CC1)N(C)Cc1ccsc1. The highest BCUT2D eigenvalue weighted by Gasteiger charge is 2.21. The van der Waals surface area contributed by atoms with Crippen LogP contribution < -0.4 is 5.32 Å². The topological polar surface area (TPSA) is 56.9 Å². The number of likely N-dealkylation sites (tertiary alicyclic amines) is 1. The lowest BCUT2D eigenvalue weighted by Crippen LogP contribution is -2.43. The lowest BCUT2D eigenvalue weighted by molar-refractivity contribution is 0.163. The highest BCUT2D eigenvalue weighted by Crippen LogP contribution is 2.19. The maximum atomic E-state index is 5.72. The molecule has 0 radical (unpaired) electrons. The molecule has 0 aromatic carbocycles. The second-order valence-corrected chi connectivity index (χ2v) is 8.16. The Bertz CT molecular complexity index is 712. The van der Waals surface area contributed by atoms with E-state index in [0.717, 1.165) is 56.0 Å². The van der Waals surface area contributed by atoms with Crippen LogP contribution in [0.2, 0.25) is 0 Å². The summed E-state index contributed by atoms with van der Waals surface area (Å²) < 4.78 is 5.72. The van der Waals surface area contributed by atoms with E-state index in [2.05, 4.69) is 49.0 Å². The van der Waals surface area contributed by atoms with Gasteiger partial charge in [-0.2, -0.15) is 11.3 Å². The van der Waals surface area contributed by atoms with E-state index in [1.165, 1.54) is 18.4 Å². The van der Waals surface area contributed by atoms with Crippen LogP contribution >= 0.6 is 11.3 Å². The molecule has 6 nitrogen and oxygen atoms in total. The van der Waals surface area contributed by atoms with Gasteiger partial charge in [0.05, 0.1) is 12.2 Å². The summed E-state index contributed by atoms with van der Waals surface area (Å²) in [6, 6.07) is 2.17. The van der Waals surface area contributed by atoms with Gasteiger partial charge in [-0.15, -0.1) is 0 Å². The fourth-order valence-corrected chi connectivity index (χ4v) is 4.16. The highest BCUT2D eigenvalue weighted by atomic mass is 32.1. The van der Waals surface area contributed by atoms with E-state index in [4.69, 9.17) is 4.42 Å². The first-order valence-corrected chi connectivity index (χ1v) is 10.6. The molecule has 1 fully saturated rings. The summed E-state index contributed by atoms with van der Waals surface area (Å²) >= 11 is 1.74. The second kappa shape index (κ2) is 9.37. The van der Waals surface area contributed by atoms with Crippen molar-refractivity contribution in [1.29, 1.82) is 0 Å². The normalized spacial score (nSPS) is 16.7. The number of hydrogen-bond donors (Lipinski definition) is 1. The number of aliphatic imine (C=N–C) groups is 1. The summed E-state index contributed by atoms with van der Waals surface area (Å²) in [6.45, 7) is 8.85. The molecular formula is C20H31N5OS. The van der Waals surface area contributed by atoms with Crippen LogP contribution in [0.15, 0.2) is 26.2 Å². The largest absolute Gasteiger partial charge is 0.444 e. The number of hydrogen-bond acceptors (Lipinski definition) is 5. The number of nitrogens with zero attached hydrogens (tertiary/aromatic N) is 4. The molecule has 148 valence electrons. The molecule has 1 saturated heterocycles. The monoisotopic (exact) mass is 389 g/mol. The molecule has 0 unspecified atom stereocenters. The lowest BCUT2D eigenvalue weighted by atomic mass is 9.97. The Labute approximate surface area is 166 Å². The van der Waals surface area contributed by atoms with Crippen molar-refractivity contribution < 1.29 is 4.42 Å². The van der Waals surface area contributed by atoms with Gasteiger partial charge in [0, 0.05) is 27.2 Å². The molecule has 0 bridgehead atoms. The summed E-state index contributed by atoms with van der Waals surface area (Å²) in [5.74, 6) is 3.43. The van der Waals surface area contributed by atoms with E-state index in [0.29, 0.717) is 5.92 Å². The van der Waals surface area contributed by atoms with Crippen molar-refractivity contribution in [3.8, 4) is 0 Å². The third-order valence-electron chi connectivity index (χ3n) is 5.26. The van der Waals surface area contributed by atoms with Crippen LogP contribution in [0, 0.1) is 19.8 Å². The molecule has 0 saturated carbocycles. The molecule has 0 aliphatic carbocycles. The third kappa shape index (κ3) is 5.56. The van der Waals surface area contributed by atoms with E-state index in [-0.39, 0.29) is 0 Å². The summed E-state index contributed by atoms with van der Waals surface area (Å²) in [5.41, 5.74) is 2.33. The van der Waals surface area contributed by atoms with Gasteiger partial charge in [-0.3, -0.25) is 9.89 Å². The first-order chi connectivity index (χ1) is 13.0. The minimum Gasteiger partial charge on any atom is -0.444 e.